The number of piperidine rings is 2. The number of hydrogen-bond acceptors (Lipinski definition) is 4. The van der Waals surface area contributed by atoms with Gasteiger partial charge in [0.15, 0.2) is 0 Å². The lowest BCUT2D eigenvalue weighted by Gasteiger charge is -2.33. The molecule has 0 bridgehead atoms. The third-order valence-electron chi connectivity index (χ3n) is 5.84. The van der Waals surface area contributed by atoms with Crippen molar-refractivity contribution in [2.45, 2.75) is 51.5 Å². The zero-order valence-corrected chi connectivity index (χ0v) is 17.7. The second kappa shape index (κ2) is 11.0. The normalized spacial score (nSPS) is 21.3. The van der Waals surface area contributed by atoms with E-state index in [4.69, 9.17) is 0 Å². The minimum Gasteiger partial charge on any atom is -0.337 e. The van der Waals surface area contributed by atoms with Crippen LogP contribution in [0.4, 0.5) is 0 Å². The first kappa shape index (κ1) is 22.2. The van der Waals surface area contributed by atoms with Gasteiger partial charge in [0.2, 0.25) is 0 Å². The van der Waals surface area contributed by atoms with E-state index in [1.165, 1.54) is 25.8 Å². The van der Waals surface area contributed by atoms with E-state index >= 15 is 0 Å². The fourth-order valence-corrected chi connectivity index (χ4v) is 4.16. The minimum atomic E-state index is 0. The van der Waals surface area contributed by atoms with Gasteiger partial charge >= 0.3 is 0 Å². The maximum atomic E-state index is 12.8. The molecule has 27 heavy (non-hydrogen) atoms. The van der Waals surface area contributed by atoms with Crippen LogP contribution < -0.4 is 5.32 Å². The molecule has 0 saturated carbocycles. The summed E-state index contributed by atoms with van der Waals surface area (Å²) >= 11 is 0. The van der Waals surface area contributed by atoms with E-state index in [2.05, 4.69) is 29.3 Å². The van der Waals surface area contributed by atoms with E-state index in [-0.39, 0.29) is 18.3 Å². The summed E-state index contributed by atoms with van der Waals surface area (Å²) in [6.45, 7) is 8.35. The first-order valence-corrected chi connectivity index (χ1v) is 10.4. The Morgan fingerprint density at radius 2 is 2.11 bits per heavy atom. The van der Waals surface area contributed by atoms with Gasteiger partial charge in [-0.3, -0.25) is 9.48 Å². The highest BCUT2D eigenvalue weighted by Crippen LogP contribution is 2.21. The molecule has 1 aromatic heterocycles. The summed E-state index contributed by atoms with van der Waals surface area (Å²) in [4.78, 5) is 17.2. The van der Waals surface area contributed by atoms with Gasteiger partial charge in [-0.2, -0.15) is 5.10 Å². The average Bonchev–Trinajstić information content (AvgIpc) is 3.17. The number of nitrogens with zero attached hydrogens (tertiary/aromatic N) is 4. The molecule has 2 aliphatic rings. The van der Waals surface area contributed by atoms with Crippen LogP contribution in [0.25, 0.3) is 0 Å². The van der Waals surface area contributed by atoms with Crippen molar-refractivity contribution >= 4 is 18.3 Å². The van der Waals surface area contributed by atoms with Gasteiger partial charge in [0.05, 0.1) is 6.04 Å². The Kier molecular flexibility index (Phi) is 9.06. The average molecular weight is 398 g/mol. The third kappa shape index (κ3) is 6.19. The first-order chi connectivity index (χ1) is 12.7. The summed E-state index contributed by atoms with van der Waals surface area (Å²) in [5, 5.41) is 8.00. The quantitative estimate of drug-likeness (QED) is 0.768. The number of amides is 1. The number of aromatic nitrogens is 2. The van der Waals surface area contributed by atoms with E-state index in [1.54, 1.807) is 0 Å². The maximum absolute atomic E-state index is 12.8. The molecule has 1 N–H and O–H groups in total. The summed E-state index contributed by atoms with van der Waals surface area (Å²) in [6.07, 6.45) is 9.02. The molecule has 1 aromatic rings. The van der Waals surface area contributed by atoms with Gasteiger partial charge in [0, 0.05) is 32.4 Å². The second-order valence-electron chi connectivity index (χ2n) is 8.03. The van der Waals surface area contributed by atoms with Crippen LogP contribution in [0.1, 0.15) is 62.0 Å². The molecular weight excluding hydrogens is 362 g/mol. The minimum absolute atomic E-state index is 0. The number of likely N-dealkylation sites (tertiary alicyclic amines) is 1. The summed E-state index contributed by atoms with van der Waals surface area (Å²) < 4.78 is 1.98. The molecule has 3 heterocycles. The van der Waals surface area contributed by atoms with Gasteiger partial charge in [-0.25, -0.2) is 0 Å². The monoisotopic (exact) mass is 397 g/mol. The van der Waals surface area contributed by atoms with Crippen LogP contribution in [0.5, 0.6) is 0 Å². The van der Waals surface area contributed by atoms with Gasteiger partial charge in [-0.05, 0) is 64.2 Å². The Hall–Kier alpha value is -1.11. The van der Waals surface area contributed by atoms with Crippen LogP contribution in [0, 0.1) is 5.92 Å². The summed E-state index contributed by atoms with van der Waals surface area (Å²) in [5.41, 5.74) is 0.606. The first-order valence-electron chi connectivity index (χ1n) is 10.4. The zero-order chi connectivity index (χ0) is 18.4. The Labute approximate surface area is 170 Å². The van der Waals surface area contributed by atoms with Crippen molar-refractivity contribution in [2.24, 2.45) is 5.92 Å². The van der Waals surface area contributed by atoms with E-state index in [0.717, 1.165) is 52.0 Å². The van der Waals surface area contributed by atoms with Crippen molar-refractivity contribution in [3.05, 3.63) is 18.0 Å². The number of unbranched alkanes of at least 4 members (excludes halogenated alkanes) is 1. The number of rotatable bonds is 7. The largest absolute Gasteiger partial charge is 0.337 e. The van der Waals surface area contributed by atoms with Gasteiger partial charge in [-0.1, -0.05) is 13.3 Å². The smallest absolute Gasteiger partial charge is 0.274 e. The lowest BCUT2D eigenvalue weighted by Crippen LogP contribution is -2.41. The third-order valence-corrected chi connectivity index (χ3v) is 5.84. The lowest BCUT2D eigenvalue weighted by atomic mass is 9.96. The topological polar surface area (TPSA) is 53.4 Å². The van der Waals surface area contributed by atoms with Crippen molar-refractivity contribution in [3.63, 3.8) is 0 Å². The maximum Gasteiger partial charge on any atom is 0.274 e. The number of halogens is 1. The summed E-state index contributed by atoms with van der Waals surface area (Å²) in [6, 6.07) is 2.27. The van der Waals surface area contributed by atoms with Crippen molar-refractivity contribution in [2.75, 3.05) is 46.3 Å². The molecule has 154 valence electrons. The fourth-order valence-electron chi connectivity index (χ4n) is 4.16. The van der Waals surface area contributed by atoms with Crippen molar-refractivity contribution in [3.8, 4) is 0 Å². The summed E-state index contributed by atoms with van der Waals surface area (Å²) in [7, 11) is 2.22. The van der Waals surface area contributed by atoms with Crippen LogP contribution in [0.2, 0.25) is 0 Å². The Morgan fingerprint density at radius 1 is 1.33 bits per heavy atom. The molecule has 6 nitrogen and oxygen atoms in total. The van der Waals surface area contributed by atoms with E-state index in [9.17, 15) is 4.79 Å². The molecule has 0 radical (unpaired) electrons. The number of hydrogen-bond donors (Lipinski definition) is 1. The molecule has 0 aliphatic carbocycles. The standard InChI is InChI=1S/C20H35N5O.ClH/c1-3-4-11-23(2)16-17-7-12-24(13-8-17)20(26)19-9-14-25(22-19)18-6-5-10-21-15-18;/h9,14,17-18,21H,3-8,10-13,15-16H2,1-2H3;1H. The summed E-state index contributed by atoms with van der Waals surface area (Å²) in [5.74, 6) is 0.817. The molecule has 1 atom stereocenters. The SMILES string of the molecule is CCCCN(C)CC1CCN(C(=O)c2ccn(C3CCCNC3)n2)CC1.Cl. The van der Waals surface area contributed by atoms with Crippen molar-refractivity contribution in [1.82, 2.24) is 24.9 Å². The highest BCUT2D eigenvalue weighted by molar-refractivity contribution is 5.92. The predicted molar refractivity (Wildman–Crippen MR) is 112 cm³/mol. The van der Waals surface area contributed by atoms with Crippen LogP contribution >= 0.6 is 12.4 Å². The molecule has 2 saturated heterocycles. The molecule has 7 heteroatoms. The van der Waals surface area contributed by atoms with Gasteiger partial charge < -0.3 is 15.1 Å². The number of carbonyl (C=O) groups excluding carboxylic acids is 1. The lowest BCUT2D eigenvalue weighted by molar-refractivity contribution is 0.0666. The molecule has 3 rings (SSSR count). The molecule has 0 aromatic carbocycles. The zero-order valence-electron chi connectivity index (χ0n) is 16.9. The molecule has 1 amide bonds. The molecule has 2 fully saturated rings. The van der Waals surface area contributed by atoms with Gasteiger partial charge in [-0.15, -0.1) is 12.4 Å². The number of nitrogens with one attached hydrogen (secondary N) is 1. The van der Waals surface area contributed by atoms with Crippen molar-refractivity contribution in [1.29, 1.82) is 0 Å². The Balaban J connectivity index is 0.00000261. The van der Waals surface area contributed by atoms with E-state index < -0.39 is 0 Å². The van der Waals surface area contributed by atoms with Crippen molar-refractivity contribution < 1.29 is 4.79 Å². The molecule has 2 aliphatic heterocycles. The van der Waals surface area contributed by atoms with E-state index in [0.29, 0.717) is 17.7 Å². The van der Waals surface area contributed by atoms with Crippen LogP contribution in [0.15, 0.2) is 12.3 Å². The van der Waals surface area contributed by atoms with Gasteiger partial charge in [0.25, 0.3) is 5.91 Å². The Bertz CT molecular complexity index is 564. The van der Waals surface area contributed by atoms with Gasteiger partial charge in [0.1, 0.15) is 5.69 Å². The molecule has 1 unspecified atom stereocenters. The predicted octanol–water partition coefficient (Wildman–Crippen LogP) is 2.81. The number of carbonyl (C=O) groups is 1. The molecular formula is C20H36ClN5O. The Morgan fingerprint density at radius 3 is 2.78 bits per heavy atom. The van der Waals surface area contributed by atoms with E-state index in [1.807, 2.05) is 21.8 Å². The fraction of sp³-hybridized carbons (Fsp3) is 0.800. The van der Waals surface area contributed by atoms with Crippen LogP contribution in [0.3, 0.4) is 0 Å². The highest BCUT2D eigenvalue weighted by atomic mass is 35.5. The van der Waals surface area contributed by atoms with Crippen LogP contribution in [-0.4, -0.2) is 71.8 Å². The highest BCUT2D eigenvalue weighted by Gasteiger charge is 2.26. The molecule has 0 spiro atoms. The van der Waals surface area contributed by atoms with Crippen LogP contribution in [-0.2, 0) is 0 Å². The second-order valence-corrected chi connectivity index (χ2v) is 8.03.